The van der Waals surface area contributed by atoms with Gasteiger partial charge < -0.3 is 26.0 Å². The Balaban J connectivity index is 1.36. The second-order valence-corrected chi connectivity index (χ2v) is 18.6. The lowest BCUT2D eigenvalue weighted by Gasteiger charge is -2.35. The SMILES string of the molecule is CCC[C@@H](CO)Nc1nc(N)nc(C)c1Cc1ccc(C(=O)N2CCN(C(=O)CC/C(C)=C/CC/C(C)=C/CC/C(C)=C/CC/C=C(\C)CC/C=C(\C)CCC=C(C)C)CC2)cc1C. The van der Waals surface area contributed by atoms with E-state index in [0.29, 0.717) is 50.4 Å². The fraction of sp³-hybridized carbons (Fsp3) is 0.564. The Hall–Kier alpha value is -4.76. The average Bonchev–Trinajstić information content (AvgIpc) is 3.25. The molecule has 1 atom stereocenters. The summed E-state index contributed by atoms with van der Waals surface area (Å²) < 4.78 is 0. The number of aryl methyl sites for hydroxylation is 2. The van der Waals surface area contributed by atoms with Crippen molar-refractivity contribution in [3.63, 3.8) is 0 Å². The second kappa shape index (κ2) is 28.9. The molecule has 1 saturated heterocycles. The quantitative estimate of drug-likeness (QED) is 0.0635. The molecule has 3 rings (SSSR count). The van der Waals surface area contributed by atoms with Gasteiger partial charge in [-0.25, -0.2) is 4.98 Å². The number of unbranched alkanes of at least 4 members (excludes halogenated alkanes) is 1. The zero-order chi connectivity index (χ0) is 47.0. The minimum atomic E-state index is -0.125. The van der Waals surface area contributed by atoms with Gasteiger partial charge in [-0.3, -0.25) is 9.59 Å². The van der Waals surface area contributed by atoms with Gasteiger partial charge in [0, 0.05) is 55.8 Å². The fourth-order valence-corrected chi connectivity index (χ4v) is 8.12. The van der Waals surface area contributed by atoms with Crippen LogP contribution in [0.4, 0.5) is 11.8 Å². The molecule has 1 aliphatic rings. The van der Waals surface area contributed by atoms with Crippen LogP contribution in [0.3, 0.4) is 0 Å². The van der Waals surface area contributed by atoms with E-state index in [2.05, 4.69) is 107 Å². The number of nitrogen functional groups attached to an aromatic ring is 1. The fourth-order valence-electron chi connectivity index (χ4n) is 8.12. The number of benzene rings is 1. The van der Waals surface area contributed by atoms with Gasteiger partial charge in [0.05, 0.1) is 12.6 Å². The molecule has 1 aromatic carbocycles. The summed E-state index contributed by atoms with van der Waals surface area (Å²) in [4.78, 5) is 39.4. The first-order valence-electron chi connectivity index (χ1n) is 24.2. The first kappa shape index (κ1) is 53.6. The molecule has 2 amide bonds. The smallest absolute Gasteiger partial charge is 0.253 e. The van der Waals surface area contributed by atoms with Crippen LogP contribution in [0, 0.1) is 13.8 Å². The van der Waals surface area contributed by atoms with Crippen LogP contribution in [0.1, 0.15) is 178 Å². The number of aliphatic hydroxyl groups excluding tert-OH is 1. The van der Waals surface area contributed by atoms with Gasteiger partial charge in [-0.1, -0.05) is 89.3 Å². The number of nitrogens with one attached hydrogen (secondary N) is 1. The van der Waals surface area contributed by atoms with Gasteiger partial charge in [0.15, 0.2) is 0 Å². The summed E-state index contributed by atoms with van der Waals surface area (Å²) in [6.07, 6.45) is 28.9. The Morgan fingerprint density at radius 1 is 0.703 bits per heavy atom. The third kappa shape index (κ3) is 20.0. The van der Waals surface area contributed by atoms with Gasteiger partial charge >= 0.3 is 0 Å². The van der Waals surface area contributed by atoms with E-state index in [0.717, 1.165) is 99.4 Å². The molecule has 1 aromatic heterocycles. The monoisotopic (exact) mass is 877 g/mol. The lowest BCUT2D eigenvalue weighted by Crippen LogP contribution is -2.50. The molecule has 0 unspecified atom stereocenters. The molecule has 0 saturated carbocycles. The topological polar surface area (TPSA) is 125 Å². The van der Waals surface area contributed by atoms with Gasteiger partial charge in [-0.15, -0.1) is 0 Å². The molecule has 2 heterocycles. The molecule has 0 aliphatic carbocycles. The summed E-state index contributed by atoms with van der Waals surface area (Å²) in [6, 6.07) is 5.72. The van der Waals surface area contributed by atoms with Crippen LogP contribution >= 0.6 is 0 Å². The molecule has 1 aliphatic heterocycles. The second-order valence-electron chi connectivity index (χ2n) is 18.6. The van der Waals surface area contributed by atoms with Gasteiger partial charge in [-0.05, 0) is 163 Å². The van der Waals surface area contributed by atoms with Crippen molar-refractivity contribution in [2.75, 3.05) is 43.8 Å². The van der Waals surface area contributed by atoms with Gasteiger partial charge in [0.2, 0.25) is 11.9 Å². The van der Waals surface area contributed by atoms with E-state index in [1.54, 1.807) is 0 Å². The van der Waals surface area contributed by atoms with Gasteiger partial charge in [0.1, 0.15) is 5.82 Å². The highest BCUT2D eigenvalue weighted by atomic mass is 16.3. The van der Waals surface area contributed by atoms with Crippen molar-refractivity contribution < 1.29 is 14.7 Å². The van der Waals surface area contributed by atoms with Crippen molar-refractivity contribution in [1.82, 2.24) is 19.8 Å². The zero-order valence-corrected chi connectivity index (χ0v) is 41.5. The Bertz CT molecular complexity index is 1990. The highest BCUT2D eigenvalue weighted by Gasteiger charge is 2.25. The Morgan fingerprint density at radius 2 is 1.20 bits per heavy atom. The molecule has 0 radical (unpaired) electrons. The average molecular weight is 877 g/mol. The van der Waals surface area contributed by atoms with Crippen LogP contribution in [0.5, 0.6) is 0 Å². The summed E-state index contributed by atoms with van der Waals surface area (Å²) in [7, 11) is 0. The Morgan fingerprint density at radius 3 is 1.70 bits per heavy atom. The highest BCUT2D eigenvalue weighted by molar-refractivity contribution is 5.94. The number of nitrogens with zero attached hydrogens (tertiary/aromatic N) is 4. The number of hydrogen-bond donors (Lipinski definition) is 3. The molecule has 1 fully saturated rings. The van der Waals surface area contributed by atoms with Crippen LogP contribution in [0.15, 0.2) is 88.1 Å². The lowest BCUT2D eigenvalue weighted by atomic mass is 9.97. The standard InChI is InChI=1S/C55H84N6O3/c1-11-18-50(39-62)58-53-51(47(10)57-55(56)59-53)38-48-30-31-49(37-46(48)9)54(64)61-35-33-60(34-36-61)52(63)32-29-45(8)28-17-27-44(7)26-16-24-42(5)21-13-12-20-41(4)23-15-25-43(6)22-14-19-40(2)3/h19-21,25-26,28,30-31,37,50,62H,11-18,22-24,27,29,32-36,38-39H2,1-10H3,(H3,56,57,58,59)/b41-20+,42-21+,43-25+,44-26+,45-28+/t50-/m0/s1. The van der Waals surface area contributed by atoms with Crippen LogP contribution in [0.25, 0.3) is 0 Å². The first-order valence-corrected chi connectivity index (χ1v) is 24.2. The number of aromatic nitrogens is 2. The Labute approximate surface area is 388 Å². The number of carbonyl (C=O) groups excluding carboxylic acids is 2. The number of nitrogens with two attached hydrogens (primary N) is 1. The molecular weight excluding hydrogens is 793 g/mol. The predicted molar refractivity (Wildman–Crippen MR) is 271 cm³/mol. The molecule has 0 spiro atoms. The number of aliphatic hydroxyl groups is 1. The molecule has 4 N–H and O–H groups in total. The molecule has 64 heavy (non-hydrogen) atoms. The van der Waals surface area contributed by atoms with Crippen molar-refractivity contribution in [3.05, 3.63) is 116 Å². The van der Waals surface area contributed by atoms with Crippen LogP contribution < -0.4 is 11.1 Å². The summed E-state index contributed by atoms with van der Waals surface area (Å²) in [5.41, 5.74) is 19.0. The van der Waals surface area contributed by atoms with Crippen LogP contribution in [-0.2, 0) is 11.2 Å². The molecule has 2 aromatic rings. The van der Waals surface area contributed by atoms with Crippen LogP contribution in [0.2, 0.25) is 0 Å². The van der Waals surface area contributed by atoms with Crippen molar-refractivity contribution in [3.8, 4) is 0 Å². The number of amides is 2. The normalized spacial score (nSPS) is 14.8. The third-order valence-corrected chi connectivity index (χ3v) is 12.4. The lowest BCUT2D eigenvalue weighted by molar-refractivity contribution is -0.132. The number of anilines is 2. The third-order valence-electron chi connectivity index (χ3n) is 12.4. The molecule has 9 heteroatoms. The van der Waals surface area contributed by atoms with Crippen molar-refractivity contribution in [1.29, 1.82) is 0 Å². The minimum Gasteiger partial charge on any atom is -0.394 e. The number of allylic oxidation sites excluding steroid dienone is 12. The number of rotatable bonds is 26. The predicted octanol–water partition coefficient (Wildman–Crippen LogP) is 12.5. The first-order chi connectivity index (χ1) is 30.6. The minimum absolute atomic E-state index is 0.00116. The molecular formula is C55H84N6O3. The van der Waals surface area contributed by atoms with E-state index in [1.165, 1.54) is 39.9 Å². The maximum Gasteiger partial charge on any atom is 0.253 e. The van der Waals surface area contributed by atoms with E-state index in [1.807, 2.05) is 41.8 Å². The summed E-state index contributed by atoms with van der Waals surface area (Å²) in [5, 5.41) is 13.3. The van der Waals surface area contributed by atoms with E-state index in [4.69, 9.17) is 5.73 Å². The molecule has 9 nitrogen and oxygen atoms in total. The number of hydrogen-bond acceptors (Lipinski definition) is 7. The summed E-state index contributed by atoms with van der Waals surface area (Å²) >= 11 is 0. The summed E-state index contributed by atoms with van der Waals surface area (Å²) in [6.45, 7) is 23.6. The Kier molecular flexibility index (Phi) is 24.2. The zero-order valence-electron chi connectivity index (χ0n) is 41.5. The van der Waals surface area contributed by atoms with Crippen molar-refractivity contribution in [2.24, 2.45) is 0 Å². The highest BCUT2D eigenvalue weighted by Crippen LogP contribution is 2.26. The van der Waals surface area contributed by atoms with Crippen LogP contribution in [-0.4, -0.2) is 75.5 Å². The number of carbonyl (C=O) groups is 2. The van der Waals surface area contributed by atoms with E-state index >= 15 is 0 Å². The maximum atomic E-state index is 13.6. The summed E-state index contributed by atoms with van der Waals surface area (Å²) in [5.74, 6) is 0.976. The maximum absolute atomic E-state index is 13.6. The van der Waals surface area contributed by atoms with E-state index < -0.39 is 0 Å². The van der Waals surface area contributed by atoms with E-state index in [9.17, 15) is 14.7 Å². The van der Waals surface area contributed by atoms with Gasteiger partial charge in [-0.2, -0.15) is 4.98 Å². The molecule has 0 bridgehead atoms. The number of piperazine rings is 1. The van der Waals surface area contributed by atoms with E-state index in [-0.39, 0.29) is 30.4 Å². The van der Waals surface area contributed by atoms with Gasteiger partial charge in [0.25, 0.3) is 5.91 Å². The van der Waals surface area contributed by atoms with Crippen molar-refractivity contribution in [2.45, 2.75) is 172 Å². The van der Waals surface area contributed by atoms with Crippen molar-refractivity contribution >= 4 is 23.6 Å². The largest absolute Gasteiger partial charge is 0.394 e. The molecule has 352 valence electrons.